The fourth-order valence-electron chi connectivity index (χ4n) is 2.17. The van der Waals surface area contributed by atoms with Gasteiger partial charge in [0.25, 0.3) is 5.91 Å². The Morgan fingerprint density at radius 3 is 2.73 bits per heavy atom. The number of carbonyl (C=O) groups excluding carboxylic acids is 2. The molecule has 0 radical (unpaired) electrons. The number of rotatable bonds is 6. The molecule has 6 nitrogen and oxygen atoms in total. The third-order valence-electron chi connectivity index (χ3n) is 3.27. The number of hydrogen-bond donors (Lipinski definition) is 2. The molecule has 1 aromatic heterocycles. The first kappa shape index (κ1) is 17.7. The van der Waals surface area contributed by atoms with E-state index in [9.17, 15) is 18.4 Å². The summed E-state index contributed by atoms with van der Waals surface area (Å²) in [7, 11) is 0. The smallest absolute Gasteiger partial charge is 0.387 e. The van der Waals surface area contributed by atoms with Gasteiger partial charge >= 0.3 is 6.61 Å². The average Bonchev–Trinajstić information content (AvgIpc) is 3.01. The van der Waals surface area contributed by atoms with Crippen molar-refractivity contribution in [3.63, 3.8) is 0 Å². The minimum atomic E-state index is -2.98. The zero-order chi connectivity index (χ0) is 18.5. The third-order valence-corrected chi connectivity index (χ3v) is 4.22. The Morgan fingerprint density at radius 2 is 1.96 bits per heavy atom. The molecule has 0 unspecified atom stereocenters. The molecule has 1 heterocycles. The highest BCUT2D eigenvalue weighted by atomic mass is 32.1. The molecule has 0 aliphatic heterocycles. The number of amides is 2. The molecule has 0 saturated carbocycles. The van der Waals surface area contributed by atoms with Gasteiger partial charge in [0.15, 0.2) is 5.13 Å². The minimum absolute atomic E-state index is 0.107. The van der Waals surface area contributed by atoms with Crippen molar-refractivity contribution in [3.8, 4) is 5.75 Å². The number of ether oxygens (including phenoxy) is 1. The number of thiazole rings is 1. The number of alkyl halides is 2. The molecule has 2 aromatic carbocycles. The van der Waals surface area contributed by atoms with Crippen LogP contribution in [0.15, 0.2) is 48.5 Å². The van der Waals surface area contributed by atoms with E-state index in [1.54, 1.807) is 0 Å². The van der Waals surface area contributed by atoms with Crippen LogP contribution in [-0.2, 0) is 4.79 Å². The van der Waals surface area contributed by atoms with Crippen LogP contribution in [0.2, 0.25) is 0 Å². The molecule has 2 N–H and O–H groups in total. The zero-order valence-electron chi connectivity index (χ0n) is 13.2. The molecule has 0 atom stereocenters. The second-order valence-corrected chi connectivity index (χ2v) is 6.15. The van der Waals surface area contributed by atoms with Crippen molar-refractivity contribution in [1.82, 2.24) is 10.3 Å². The van der Waals surface area contributed by atoms with Crippen LogP contribution < -0.4 is 15.4 Å². The van der Waals surface area contributed by atoms with Gasteiger partial charge in [-0.1, -0.05) is 29.5 Å². The number of benzene rings is 2. The molecule has 3 aromatic rings. The lowest BCUT2D eigenvalue weighted by molar-refractivity contribution is -0.115. The first-order valence-electron chi connectivity index (χ1n) is 7.50. The van der Waals surface area contributed by atoms with Crippen LogP contribution in [0.3, 0.4) is 0 Å². The van der Waals surface area contributed by atoms with E-state index in [1.807, 2.05) is 24.3 Å². The lowest BCUT2D eigenvalue weighted by Crippen LogP contribution is -2.32. The number of nitrogens with one attached hydrogen (secondary N) is 2. The van der Waals surface area contributed by atoms with Gasteiger partial charge in [-0.05, 0) is 30.3 Å². The minimum Gasteiger partial charge on any atom is -0.435 e. The van der Waals surface area contributed by atoms with Crippen LogP contribution in [0.25, 0.3) is 10.2 Å². The molecule has 0 fully saturated rings. The Bertz CT molecular complexity index is 913. The van der Waals surface area contributed by atoms with E-state index >= 15 is 0 Å². The van der Waals surface area contributed by atoms with Gasteiger partial charge in [-0.25, -0.2) is 4.98 Å². The summed E-state index contributed by atoms with van der Waals surface area (Å²) in [6, 6.07) is 12.8. The summed E-state index contributed by atoms with van der Waals surface area (Å²) in [6.45, 7) is -3.26. The topological polar surface area (TPSA) is 80.3 Å². The summed E-state index contributed by atoms with van der Waals surface area (Å²) < 4.78 is 29.6. The predicted octanol–water partition coefficient (Wildman–Crippen LogP) is 3.27. The molecule has 0 bridgehead atoms. The summed E-state index contributed by atoms with van der Waals surface area (Å²) in [5.74, 6) is -1.16. The Kier molecular flexibility index (Phi) is 5.37. The molecular formula is C17H13F2N3O3S. The number of halogens is 2. The van der Waals surface area contributed by atoms with E-state index in [4.69, 9.17) is 0 Å². The second kappa shape index (κ2) is 7.87. The van der Waals surface area contributed by atoms with E-state index in [1.165, 1.54) is 35.6 Å². The van der Waals surface area contributed by atoms with E-state index in [0.29, 0.717) is 5.13 Å². The van der Waals surface area contributed by atoms with Crippen molar-refractivity contribution in [3.05, 3.63) is 54.1 Å². The predicted molar refractivity (Wildman–Crippen MR) is 93.7 cm³/mol. The number of aromatic nitrogens is 1. The SMILES string of the molecule is O=C(CNC(=O)c1cccc(OC(F)F)c1)Nc1nc2ccccc2s1. The monoisotopic (exact) mass is 377 g/mol. The molecular weight excluding hydrogens is 364 g/mol. The molecule has 0 aliphatic rings. The van der Waals surface area contributed by atoms with Crippen LogP contribution in [-0.4, -0.2) is 30.0 Å². The van der Waals surface area contributed by atoms with Gasteiger partial charge in [0.05, 0.1) is 16.8 Å². The van der Waals surface area contributed by atoms with Gasteiger partial charge in [-0.15, -0.1) is 0 Å². The highest BCUT2D eigenvalue weighted by molar-refractivity contribution is 7.22. The molecule has 9 heteroatoms. The van der Waals surface area contributed by atoms with Gasteiger partial charge in [-0.2, -0.15) is 8.78 Å². The molecule has 0 spiro atoms. The van der Waals surface area contributed by atoms with E-state index < -0.39 is 18.4 Å². The van der Waals surface area contributed by atoms with Crippen molar-refractivity contribution in [2.45, 2.75) is 6.61 Å². The van der Waals surface area contributed by atoms with Gasteiger partial charge in [0, 0.05) is 5.56 Å². The highest BCUT2D eigenvalue weighted by Gasteiger charge is 2.12. The highest BCUT2D eigenvalue weighted by Crippen LogP contribution is 2.25. The van der Waals surface area contributed by atoms with Crippen molar-refractivity contribution >= 4 is 38.5 Å². The Labute approximate surface area is 150 Å². The Balaban J connectivity index is 1.56. The van der Waals surface area contributed by atoms with Crippen molar-refractivity contribution in [2.75, 3.05) is 11.9 Å². The van der Waals surface area contributed by atoms with E-state index in [0.717, 1.165) is 10.2 Å². The fraction of sp³-hybridized carbons (Fsp3) is 0.118. The van der Waals surface area contributed by atoms with Crippen LogP contribution in [0.1, 0.15) is 10.4 Å². The third kappa shape index (κ3) is 4.51. The number of fused-ring (bicyclic) bond motifs is 1. The van der Waals surface area contributed by atoms with Crippen LogP contribution in [0.5, 0.6) is 5.75 Å². The van der Waals surface area contributed by atoms with Gasteiger partial charge in [-0.3, -0.25) is 9.59 Å². The summed E-state index contributed by atoms with van der Waals surface area (Å²) in [6.07, 6.45) is 0. The average molecular weight is 377 g/mol. The second-order valence-electron chi connectivity index (χ2n) is 5.12. The van der Waals surface area contributed by atoms with Crippen molar-refractivity contribution < 1.29 is 23.1 Å². The van der Waals surface area contributed by atoms with Crippen molar-refractivity contribution in [1.29, 1.82) is 0 Å². The number of anilines is 1. The van der Waals surface area contributed by atoms with Gasteiger partial charge in [0.1, 0.15) is 5.75 Å². The van der Waals surface area contributed by atoms with E-state index in [2.05, 4.69) is 20.4 Å². The molecule has 3 rings (SSSR count). The summed E-state index contributed by atoms with van der Waals surface area (Å²) in [4.78, 5) is 28.3. The normalized spacial score (nSPS) is 10.7. The summed E-state index contributed by atoms with van der Waals surface area (Å²) >= 11 is 1.32. The quantitative estimate of drug-likeness (QED) is 0.691. The standard InChI is InChI=1S/C17H13F2N3O3S/c18-16(19)25-11-5-3-4-10(8-11)15(24)20-9-14(23)22-17-21-12-6-1-2-7-13(12)26-17/h1-8,16H,9H2,(H,20,24)(H,21,22,23). The van der Waals surface area contributed by atoms with E-state index in [-0.39, 0.29) is 17.9 Å². The Hall–Kier alpha value is -3.07. The fourth-order valence-corrected chi connectivity index (χ4v) is 3.05. The number of para-hydroxylation sites is 1. The first-order valence-corrected chi connectivity index (χ1v) is 8.31. The van der Waals surface area contributed by atoms with Gasteiger partial charge in [0.2, 0.25) is 5.91 Å². The van der Waals surface area contributed by atoms with Crippen molar-refractivity contribution in [2.24, 2.45) is 0 Å². The maximum atomic E-state index is 12.2. The lowest BCUT2D eigenvalue weighted by atomic mass is 10.2. The molecule has 26 heavy (non-hydrogen) atoms. The lowest BCUT2D eigenvalue weighted by Gasteiger charge is -2.07. The Morgan fingerprint density at radius 1 is 1.15 bits per heavy atom. The maximum absolute atomic E-state index is 12.2. The number of hydrogen-bond acceptors (Lipinski definition) is 5. The van der Waals surface area contributed by atoms with Crippen LogP contribution >= 0.6 is 11.3 Å². The van der Waals surface area contributed by atoms with Crippen LogP contribution in [0, 0.1) is 0 Å². The van der Waals surface area contributed by atoms with Gasteiger partial charge < -0.3 is 15.4 Å². The summed E-state index contributed by atoms with van der Waals surface area (Å²) in [5.41, 5.74) is 0.878. The number of carbonyl (C=O) groups is 2. The maximum Gasteiger partial charge on any atom is 0.387 e. The molecule has 0 aliphatic carbocycles. The largest absolute Gasteiger partial charge is 0.435 e. The summed E-state index contributed by atoms with van der Waals surface area (Å²) in [5, 5.41) is 5.45. The molecule has 2 amide bonds. The molecule has 134 valence electrons. The number of nitrogens with zero attached hydrogens (tertiary/aromatic N) is 1. The zero-order valence-corrected chi connectivity index (χ0v) is 14.1. The van der Waals surface area contributed by atoms with Crippen LogP contribution in [0.4, 0.5) is 13.9 Å². The molecule has 0 saturated heterocycles. The first-order chi connectivity index (χ1) is 12.5.